The smallest absolute Gasteiger partial charge is 0.333 e. The minimum absolute atomic E-state index is 0.125. The average Bonchev–Trinajstić information content (AvgIpc) is 3.56. The van der Waals surface area contributed by atoms with Gasteiger partial charge in [-0.3, -0.25) is 0 Å². The maximum absolute atomic E-state index is 10.7. The quantitative estimate of drug-likeness (QED) is 0.290. The highest BCUT2D eigenvalue weighted by atomic mass is 16.6. The lowest BCUT2D eigenvalue weighted by Gasteiger charge is -1.99. The van der Waals surface area contributed by atoms with Crippen molar-refractivity contribution in [2.75, 3.05) is 26.4 Å². The van der Waals surface area contributed by atoms with E-state index in [1.54, 1.807) is 6.92 Å². The van der Waals surface area contributed by atoms with Gasteiger partial charge < -0.3 is 29.9 Å². The van der Waals surface area contributed by atoms with Crippen LogP contribution in [0.3, 0.4) is 0 Å². The Labute approximate surface area is 175 Å². The lowest BCUT2D eigenvalue weighted by atomic mass is 10.2. The molecule has 9 heteroatoms. The molecule has 0 radical (unpaired) electrons. The molecule has 1 aliphatic rings. The van der Waals surface area contributed by atoms with Crippen LogP contribution in [0.1, 0.15) is 12.5 Å². The van der Waals surface area contributed by atoms with Crippen LogP contribution in [0.4, 0.5) is 0 Å². The molecule has 0 aromatic heterocycles. The van der Waals surface area contributed by atoms with Crippen molar-refractivity contribution in [2.45, 2.75) is 13.0 Å². The molecule has 9 nitrogen and oxygen atoms in total. The van der Waals surface area contributed by atoms with E-state index in [-0.39, 0.29) is 25.3 Å². The number of aliphatic hydroxyl groups is 2. The Morgan fingerprint density at radius 3 is 1.83 bits per heavy atom. The number of benzene rings is 1. The monoisotopic (exact) mass is 424 g/mol. The van der Waals surface area contributed by atoms with Crippen molar-refractivity contribution in [1.29, 1.82) is 0 Å². The first-order chi connectivity index (χ1) is 14.2. The van der Waals surface area contributed by atoms with Gasteiger partial charge in [-0.15, -0.1) is 0 Å². The highest BCUT2D eigenvalue weighted by Crippen LogP contribution is 2.09. The van der Waals surface area contributed by atoms with Crippen LogP contribution in [-0.4, -0.2) is 70.9 Å². The van der Waals surface area contributed by atoms with Gasteiger partial charge in [0.05, 0.1) is 19.8 Å². The largest absolute Gasteiger partial charge is 0.478 e. The molecule has 0 amide bonds. The summed E-state index contributed by atoms with van der Waals surface area (Å²) in [6.45, 7) is 9.52. The predicted molar refractivity (Wildman–Crippen MR) is 111 cm³/mol. The van der Waals surface area contributed by atoms with Gasteiger partial charge in [-0.05, 0) is 12.5 Å². The molecule has 1 aliphatic heterocycles. The first-order valence-electron chi connectivity index (χ1n) is 8.65. The topological polar surface area (TPSA) is 154 Å². The number of carbonyl (C=O) groups excluding carboxylic acids is 1. The van der Waals surface area contributed by atoms with E-state index >= 15 is 0 Å². The number of ether oxygens (including phenoxy) is 2. The summed E-state index contributed by atoms with van der Waals surface area (Å²) in [5.41, 5.74) is 1.60. The number of carboxylic acid groups (broad SMARTS) is 2. The molecule has 0 aliphatic carbocycles. The molecule has 1 atom stereocenters. The molecule has 0 saturated carbocycles. The van der Waals surface area contributed by atoms with Crippen LogP contribution in [0, 0.1) is 0 Å². The number of hydrogen-bond donors (Lipinski definition) is 4. The number of hydrogen-bond acceptors (Lipinski definition) is 7. The summed E-state index contributed by atoms with van der Waals surface area (Å²) in [4.78, 5) is 29.8. The molecule has 30 heavy (non-hydrogen) atoms. The zero-order valence-electron chi connectivity index (χ0n) is 16.8. The fourth-order valence-electron chi connectivity index (χ4n) is 1.19. The van der Waals surface area contributed by atoms with E-state index < -0.39 is 11.9 Å². The molecule has 166 valence electrons. The van der Waals surface area contributed by atoms with Gasteiger partial charge in [-0.1, -0.05) is 49.6 Å². The highest BCUT2D eigenvalue weighted by Gasteiger charge is 2.24. The molecule has 1 heterocycles. The Bertz CT molecular complexity index is 659. The fraction of sp³-hybridized carbons (Fsp3) is 0.286. The predicted octanol–water partition coefficient (Wildman–Crippen LogP) is 1.52. The second kappa shape index (κ2) is 19.1. The zero-order chi connectivity index (χ0) is 23.4. The van der Waals surface area contributed by atoms with Gasteiger partial charge in [0, 0.05) is 17.7 Å². The Balaban J connectivity index is 0. The number of aliphatic carboxylic acids is 2. The maximum Gasteiger partial charge on any atom is 0.333 e. The Hall–Kier alpha value is -3.27. The van der Waals surface area contributed by atoms with E-state index in [0.29, 0.717) is 30.9 Å². The maximum atomic E-state index is 10.7. The Kier molecular flexibility index (Phi) is 18.4. The van der Waals surface area contributed by atoms with Crippen molar-refractivity contribution in [2.24, 2.45) is 0 Å². The van der Waals surface area contributed by atoms with E-state index in [1.807, 2.05) is 36.4 Å². The van der Waals surface area contributed by atoms with Crippen molar-refractivity contribution in [3.05, 3.63) is 66.8 Å². The van der Waals surface area contributed by atoms with Crippen LogP contribution in [0.25, 0.3) is 6.08 Å². The van der Waals surface area contributed by atoms with Crippen molar-refractivity contribution >= 4 is 24.0 Å². The van der Waals surface area contributed by atoms with Gasteiger partial charge in [0.2, 0.25) is 0 Å². The van der Waals surface area contributed by atoms with Gasteiger partial charge in [-0.2, -0.15) is 0 Å². The summed E-state index contributed by atoms with van der Waals surface area (Å²) in [5, 5.41) is 30.9. The van der Waals surface area contributed by atoms with E-state index in [2.05, 4.69) is 13.2 Å². The Morgan fingerprint density at radius 1 is 1.10 bits per heavy atom. The SMILES string of the molecule is C=C(C)C(=O)OCC1CO1.C=Cc1ccccc1.O=C(O)/C=C\C(=O)O.OCCO. The molecule has 1 aromatic rings. The standard InChI is InChI=1S/C8H8.C7H10O3.C4H4O4.C2H6O2/c1-2-8-6-4-3-5-7-8;1-5(2)7(8)10-4-6-3-9-6;5-3(6)1-2-4(7)8;3-1-2-4/h2-7H,1H2;6H,1,3-4H2,2H3;1-2H,(H,5,6)(H,7,8);3-4H,1-2H2/b;;2-1-;. The highest BCUT2D eigenvalue weighted by molar-refractivity contribution is 5.89. The van der Waals surface area contributed by atoms with Crippen molar-refractivity contribution in [1.82, 2.24) is 0 Å². The average molecular weight is 424 g/mol. The molecular formula is C21H28O9. The first-order valence-corrected chi connectivity index (χ1v) is 8.65. The number of epoxide rings is 1. The molecule has 2 rings (SSSR count). The molecule has 4 N–H and O–H groups in total. The number of carbonyl (C=O) groups is 3. The van der Waals surface area contributed by atoms with Gasteiger partial charge in [0.1, 0.15) is 12.7 Å². The zero-order valence-corrected chi connectivity index (χ0v) is 16.8. The number of esters is 1. The van der Waals surface area contributed by atoms with Gasteiger partial charge in [-0.25, -0.2) is 14.4 Å². The molecule has 1 aromatic carbocycles. The van der Waals surface area contributed by atoms with Crippen molar-refractivity contribution in [3.63, 3.8) is 0 Å². The summed E-state index contributed by atoms with van der Waals surface area (Å²) in [7, 11) is 0. The summed E-state index contributed by atoms with van der Waals surface area (Å²) in [6, 6.07) is 10.0. The summed E-state index contributed by atoms with van der Waals surface area (Å²) in [5.74, 6) is -2.85. The second-order valence-electron chi connectivity index (χ2n) is 5.41. The van der Waals surface area contributed by atoms with E-state index in [9.17, 15) is 14.4 Å². The fourth-order valence-corrected chi connectivity index (χ4v) is 1.19. The third kappa shape index (κ3) is 22.8. The van der Waals surface area contributed by atoms with E-state index in [4.69, 9.17) is 29.9 Å². The first kappa shape index (κ1) is 28.9. The lowest BCUT2D eigenvalue weighted by molar-refractivity contribution is -0.139. The summed E-state index contributed by atoms with van der Waals surface area (Å²) >= 11 is 0. The molecule has 0 spiro atoms. The minimum atomic E-state index is -1.26. The van der Waals surface area contributed by atoms with Crippen molar-refractivity contribution in [3.8, 4) is 0 Å². The van der Waals surface area contributed by atoms with Gasteiger partial charge in [0.15, 0.2) is 0 Å². The van der Waals surface area contributed by atoms with Crippen LogP contribution in [0.15, 0.2) is 61.2 Å². The summed E-state index contributed by atoms with van der Waals surface area (Å²) < 4.78 is 9.60. The van der Waals surface area contributed by atoms with Crippen LogP contribution < -0.4 is 0 Å². The third-order valence-corrected chi connectivity index (χ3v) is 2.65. The number of rotatable bonds is 7. The third-order valence-electron chi connectivity index (χ3n) is 2.65. The normalized spacial score (nSPS) is 13.1. The number of aliphatic hydroxyl groups excluding tert-OH is 2. The van der Waals surface area contributed by atoms with Gasteiger partial charge >= 0.3 is 17.9 Å². The van der Waals surface area contributed by atoms with Crippen LogP contribution in [0.5, 0.6) is 0 Å². The van der Waals surface area contributed by atoms with Gasteiger partial charge in [0.25, 0.3) is 0 Å². The molecular weight excluding hydrogens is 396 g/mol. The summed E-state index contributed by atoms with van der Waals surface area (Å²) in [6.07, 6.45) is 3.09. The van der Waals surface area contributed by atoms with Crippen molar-refractivity contribution < 1.29 is 44.3 Å². The molecule has 1 unspecified atom stereocenters. The van der Waals surface area contributed by atoms with E-state index in [0.717, 1.165) is 0 Å². The second-order valence-corrected chi connectivity index (χ2v) is 5.41. The molecule has 1 fully saturated rings. The molecule has 1 saturated heterocycles. The number of carboxylic acids is 2. The van der Waals surface area contributed by atoms with Crippen LogP contribution in [-0.2, 0) is 23.9 Å². The Morgan fingerprint density at radius 2 is 1.57 bits per heavy atom. The molecule has 0 bridgehead atoms. The minimum Gasteiger partial charge on any atom is -0.478 e. The lowest BCUT2D eigenvalue weighted by Crippen LogP contribution is -2.09. The van der Waals surface area contributed by atoms with Crippen LogP contribution >= 0.6 is 0 Å². The van der Waals surface area contributed by atoms with E-state index in [1.165, 1.54) is 5.56 Å². The van der Waals surface area contributed by atoms with Crippen LogP contribution in [0.2, 0.25) is 0 Å².